The van der Waals surface area contributed by atoms with Crippen LogP contribution in [-0.4, -0.2) is 4.83 Å². The molecule has 118 valence electrons. The van der Waals surface area contributed by atoms with Gasteiger partial charge in [-0.15, -0.1) is 0 Å². The number of hydrogen-bond acceptors (Lipinski definition) is 0. The lowest BCUT2D eigenvalue weighted by Gasteiger charge is -2.64. The van der Waals surface area contributed by atoms with Crippen LogP contribution in [0.5, 0.6) is 0 Å². The zero-order chi connectivity index (χ0) is 15.5. The average Bonchev–Trinajstić information content (AvgIpc) is 2.60. The quantitative estimate of drug-likeness (QED) is 0.584. The topological polar surface area (TPSA) is 0 Å². The highest BCUT2D eigenvalue weighted by Gasteiger charge is 2.61. The first kappa shape index (κ1) is 14.3. The van der Waals surface area contributed by atoms with Crippen molar-refractivity contribution in [1.82, 2.24) is 0 Å². The molecule has 2 aromatic rings. The monoisotopic (exact) mass is 366 g/mol. The summed E-state index contributed by atoms with van der Waals surface area (Å²) in [5.41, 5.74) is 4.00. The van der Waals surface area contributed by atoms with Crippen LogP contribution < -0.4 is 0 Å². The van der Waals surface area contributed by atoms with E-state index in [1.165, 1.54) is 32.1 Å². The maximum absolute atomic E-state index is 4.07. The standard InChI is InChI=1S/C22H23Br/c23-20-16-11-21(18-7-3-1-4-8-18)12-17(20)14-22(13-16,15-21)19-9-5-2-6-10-19/h1-10,16-17,20H,11-15H2. The van der Waals surface area contributed by atoms with E-state index >= 15 is 0 Å². The van der Waals surface area contributed by atoms with Crippen LogP contribution in [0.3, 0.4) is 0 Å². The molecule has 1 heteroatoms. The van der Waals surface area contributed by atoms with Gasteiger partial charge in [-0.25, -0.2) is 0 Å². The smallest absolute Gasteiger partial charge is 0.0203 e. The summed E-state index contributed by atoms with van der Waals surface area (Å²) in [7, 11) is 0. The number of halogens is 1. The highest BCUT2D eigenvalue weighted by atomic mass is 79.9. The predicted molar refractivity (Wildman–Crippen MR) is 99.0 cm³/mol. The SMILES string of the molecule is BrC1C2CC3(c4ccccc4)CC1CC(c1ccccc1)(C2)C3. The van der Waals surface area contributed by atoms with Gasteiger partial charge in [0.2, 0.25) is 0 Å². The van der Waals surface area contributed by atoms with E-state index < -0.39 is 0 Å². The molecule has 0 aliphatic heterocycles. The van der Waals surface area contributed by atoms with Gasteiger partial charge in [0, 0.05) is 4.83 Å². The van der Waals surface area contributed by atoms with Crippen LogP contribution in [-0.2, 0) is 10.8 Å². The van der Waals surface area contributed by atoms with E-state index in [1.807, 2.05) is 0 Å². The van der Waals surface area contributed by atoms with Crippen LogP contribution in [0.1, 0.15) is 43.2 Å². The third kappa shape index (κ3) is 2.02. The molecule has 0 radical (unpaired) electrons. The van der Waals surface area contributed by atoms with Crippen molar-refractivity contribution in [2.45, 2.75) is 47.8 Å². The van der Waals surface area contributed by atoms with Crippen LogP contribution in [0.15, 0.2) is 60.7 Å². The summed E-state index contributed by atoms with van der Waals surface area (Å²) in [4.78, 5) is 0.733. The van der Waals surface area contributed by atoms with Crippen LogP contribution in [0.2, 0.25) is 0 Å². The molecule has 4 saturated carbocycles. The molecule has 0 heterocycles. The summed E-state index contributed by atoms with van der Waals surface area (Å²) in [5.74, 6) is 1.66. The normalized spacial score (nSPS) is 41.2. The van der Waals surface area contributed by atoms with Gasteiger partial charge in [-0.3, -0.25) is 0 Å². The fourth-order valence-corrected chi connectivity index (χ4v) is 7.10. The number of benzene rings is 2. The van der Waals surface area contributed by atoms with Crippen molar-refractivity contribution in [2.75, 3.05) is 0 Å². The lowest BCUT2D eigenvalue weighted by Crippen LogP contribution is -2.59. The molecule has 0 unspecified atom stereocenters. The molecule has 0 atom stereocenters. The molecule has 4 aliphatic carbocycles. The molecule has 0 spiro atoms. The first-order chi connectivity index (χ1) is 11.2. The molecule has 6 rings (SSSR count). The van der Waals surface area contributed by atoms with Crippen LogP contribution in [0, 0.1) is 11.8 Å². The average molecular weight is 367 g/mol. The largest absolute Gasteiger partial charge is 0.0885 e. The highest BCUT2D eigenvalue weighted by molar-refractivity contribution is 9.09. The molecule has 4 fully saturated rings. The summed E-state index contributed by atoms with van der Waals surface area (Å²) in [6.45, 7) is 0. The van der Waals surface area contributed by atoms with E-state index in [2.05, 4.69) is 76.6 Å². The van der Waals surface area contributed by atoms with Gasteiger partial charge >= 0.3 is 0 Å². The first-order valence-electron chi connectivity index (χ1n) is 8.96. The van der Waals surface area contributed by atoms with E-state index in [4.69, 9.17) is 0 Å². The molecule has 23 heavy (non-hydrogen) atoms. The third-order valence-electron chi connectivity index (χ3n) is 6.96. The highest BCUT2D eigenvalue weighted by Crippen LogP contribution is 2.67. The third-order valence-corrected chi connectivity index (χ3v) is 8.46. The van der Waals surface area contributed by atoms with E-state index in [0.717, 1.165) is 16.7 Å². The molecule has 4 aliphatic rings. The lowest BCUT2D eigenvalue weighted by atomic mass is 9.41. The Kier molecular flexibility index (Phi) is 3.08. The van der Waals surface area contributed by atoms with Crippen molar-refractivity contribution in [3.63, 3.8) is 0 Å². The molecular formula is C22H23Br. The van der Waals surface area contributed by atoms with Crippen molar-refractivity contribution in [2.24, 2.45) is 11.8 Å². The minimum Gasteiger partial charge on any atom is -0.0885 e. The summed E-state index contributed by atoms with van der Waals surface area (Å²) < 4.78 is 0. The second-order valence-electron chi connectivity index (χ2n) is 8.25. The Morgan fingerprint density at radius 2 is 1.04 bits per heavy atom. The number of rotatable bonds is 2. The minimum absolute atomic E-state index is 0.410. The fourth-order valence-electron chi connectivity index (χ4n) is 6.35. The molecule has 0 amide bonds. The molecular weight excluding hydrogens is 344 g/mol. The number of hydrogen-bond donors (Lipinski definition) is 0. The molecule has 0 N–H and O–H groups in total. The molecule has 0 saturated heterocycles. The van der Waals surface area contributed by atoms with Gasteiger partial charge in [0.1, 0.15) is 0 Å². The summed E-state index contributed by atoms with van der Waals surface area (Å²) >= 11 is 4.07. The maximum Gasteiger partial charge on any atom is 0.0203 e. The van der Waals surface area contributed by atoms with E-state index in [9.17, 15) is 0 Å². The Morgan fingerprint density at radius 1 is 0.652 bits per heavy atom. The first-order valence-corrected chi connectivity index (χ1v) is 9.88. The van der Waals surface area contributed by atoms with Gasteiger partial charge in [0.15, 0.2) is 0 Å². The molecule has 0 nitrogen and oxygen atoms in total. The molecule has 2 aromatic carbocycles. The minimum atomic E-state index is 0.410. The van der Waals surface area contributed by atoms with Crippen molar-refractivity contribution >= 4 is 15.9 Å². The van der Waals surface area contributed by atoms with Crippen LogP contribution >= 0.6 is 15.9 Å². The van der Waals surface area contributed by atoms with Crippen molar-refractivity contribution in [1.29, 1.82) is 0 Å². The lowest BCUT2D eigenvalue weighted by molar-refractivity contribution is -0.0205. The predicted octanol–water partition coefficient (Wildman–Crippen LogP) is 5.85. The second kappa shape index (κ2) is 4.96. The van der Waals surface area contributed by atoms with Gasteiger partial charge in [-0.1, -0.05) is 76.6 Å². The van der Waals surface area contributed by atoms with Crippen molar-refractivity contribution < 1.29 is 0 Å². The van der Waals surface area contributed by atoms with Crippen molar-refractivity contribution in [3.05, 3.63) is 71.8 Å². The van der Waals surface area contributed by atoms with Crippen molar-refractivity contribution in [3.8, 4) is 0 Å². The van der Waals surface area contributed by atoms with Crippen LogP contribution in [0.4, 0.5) is 0 Å². The van der Waals surface area contributed by atoms with Gasteiger partial charge in [0.05, 0.1) is 0 Å². The second-order valence-corrected chi connectivity index (χ2v) is 9.31. The summed E-state index contributed by atoms with van der Waals surface area (Å²) in [5, 5.41) is 0. The summed E-state index contributed by atoms with van der Waals surface area (Å²) in [6.07, 6.45) is 6.84. The van der Waals surface area contributed by atoms with Gasteiger partial charge in [-0.05, 0) is 65.9 Å². The van der Waals surface area contributed by atoms with Crippen LogP contribution in [0.25, 0.3) is 0 Å². The maximum atomic E-state index is 4.07. The zero-order valence-corrected chi connectivity index (χ0v) is 15.0. The van der Waals surface area contributed by atoms with E-state index in [1.54, 1.807) is 11.1 Å². The van der Waals surface area contributed by atoms with E-state index in [-0.39, 0.29) is 0 Å². The Bertz CT molecular complexity index is 632. The fraction of sp³-hybridized carbons (Fsp3) is 0.455. The van der Waals surface area contributed by atoms with Gasteiger partial charge < -0.3 is 0 Å². The molecule has 4 bridgehead atoms. The number of alkyl halides is 1. The Labute approximate surface area is 147 Å². The Balaban J connectivity index is 1.64. The summed E-state index contributed by atoms with van der Waals surface area (Å²) in [6, 6.07) is 22.8. The van der Waals surface area contributed by atoms with Gasteiger partial charge in [-0.2, -0.15) is 0 Å². The van der Waals surface area contributed by atoms with E-state index in [0.29, 0.717) is 10.8 Å². The zero-order valence-electron chi connectivity index (χ0n) is 13.4. The Morgan fingerprint density at radius 3 is 1.43 bits per heavy atom. The Hall–Kier alpha value is -1.08. The van der Waals surface area contributed by atoms with Gasteiger partial charge in [0.25, 0.3) is 0 Å². The molecule has 0 aromatic heterocycles.